The van der Waals surface area contributed by atoms with Crippen LogP contribution in [0.2, 0.25) is 0 Å². The quantitative estimate of drug-likeness (QED) is 0.161. The molecule has 1 aliphatic heterocycles. The predicted octanol–water partition coefficient (Wildman–Crippen LogP) is 2.76. The fourth-order valence-electron chi connectivity index (χ4n) is 2.83. The number of halogens is 3. The molecule has 2 aromatic rings. The number of Topliss-reactive ketones (excluding diaryl/α,β-unsaturated/α-hetero) is 1. The number of carbonyl (C=O) groups is 1. The molecular formula is C18H20F3N5O4S. The summed E-state index contributed by atoms with van der Waals surface area (Å²) in [6.07, 6.45) is -1.88. The van der Waals surface area contributed by atoms with Crippen LogP contribution >= 0.6 is 11.8 Å². The van der Waals surface area contributed by atoms with Crippen LogP contribution in [0.3, 0.4) is 0 Å². The number of carbonyl (C=O) groups excluding carboxylic acids is 1. The number of nitrogens with two attached hydrogens (primary N) is 1. The third-order valence-electron chi connectivity index (χ3n) is 4.41. The van der Waals surface area contributed by atoms with E-state index in [1.807, 2.05) is 5.48 Å². The minimum absolute atomic E-state index is 0.0338. The van der Waals surface area contributed by atoms with Crippen LogP contribution in [-0.4, -0.2) is 51.6 Å². The molecule has 0 spiro atoms. The number of hydrogen-bond acceptors (Lipinski definition) is 9. The van der Waals surface area contributed by atoms with Gasteiger partial charge in [0.1, 0.15) is 11.6 Å². The number of rotatable bonds is 10. The smallest absolute Gasteiger partial charge is 0.266 e. The average molecular weight is 459 g/mol. The van der Waals surface area contributed by atoms with Crippen molar-refractivity contribution in [3.8, 4) is 0 Å². The fraction of sp³-hybridized carbons (Fsp3) is 0.444. The summed E-state index contributed by atoms with van der Waals surface area (Å²) in [6.45, 7) is 0.759. The molecule has 0 bridgehead atoms. The lowest BCUT2D eigenvalue weighted by Crippen LogP contribution is -2.58. The van der Waals surface area contributed by atoms with E-state index in [9.17, 15) is 23.2 Å². The fourth-order valence-corrected chi connectivity index (χ4v) is 3.67. The van der Waals surface area contributed by atoms with E-state index >= 15 is 0 Å². The molecule has 1 saturated heterocycles. The summed E-state index contributed by atoms with van der Waals surface area (Å²) < 4.78 is 48.9. The van der Waals surface area contributed by atoms with Gasteiger partial charge in [0.15, 0.2) is 16.6 Å². The Morgan fingerprint density at radius 3 is 2.81 bits per heavy atom. The van der Waals surface area contributed by atoms with Crippen molar-refractivity contribution in [1.29, 1.82) is 0 Å². The lowest BCUT2D eigenvalue weighted by atomic mass is 9.91. The number of amidine groups is 1. The standard InChI is InChI=1S/C18H20F3N5O4S/c19-13-4-3-10(6-12(13)15(20)21)23-16(24-28)14-17(26-30-25-14)31-5-1-2-11(27)7-18(22)8-29-9-18/h3-4,6,15,28H,1-2,5,7-9,22H2,(H,23,24). The molecular weight excluding hydrogens is 439 g/mol. The first-order valence-electron chi connectivity index (χ1n) is 9.22. The topological polar surface area (TPSA) is 136 Å². The highest BCUT2D eigenvalue weighted by Gasteiger charge is 2.35. The molecule has 9 nitrogen and oxygen atoms in total. The van der Waals surface area contributed by atoms with E-state index in [0.717, 1.165) is 12.1 Å². The summed E-state index contributed by atoms with van der Waals surface area (Å²) in [5.74, 6) is -0.755. The van der Waals surface area contributed by atoms with Crippen LogP contribution in [0.5, 0.6) is 0 Å². The molecule has 2 heterocycles. The van der Waals surface area contributed by atoms with Gasteiger partial charge in [0, 0.05) is 18.6 Å². The van der Waals surface area contributed by atoms with E-state index in [4.69, 9.17) is 10.5 Å². The number of hydrogen-bond donors (Lipinski definition) is 3. The van der Waals surface area contributed by atoms with Crippen molar-refractivity contribution in [3.63, 3.8) is 0 Å². The average Bonchev–Trinajstić information content (AvgIpc) is 3.17. The Morgan fingerprint density at radius 2 is 2.16 bits per heavy atom. The van der Waals surface area contributed by atoms with Crippen molar-refractivity contribution in [2.45, 2.75) is 36.3 Å². The Kier molecular flexibility index (Phi) is 7.64. The lowest BCUT2D eigenvalue weighted by molar-refractivity contribution is -0.126. The molecule has 0 aliphatic carbocycles. The molecule has 1 fully saturated rings. The molecule has 0 radical (unpaired) electrons. The number of aliphatic imine (C=N–C) groups is 1. The summed E-state index contributed by atoms with van der Waals surface area (Å²) in [4.78, 5) is 16.0. The third-order valence-corrected chi connectivity index (χ3v) is 5.45. The largest absolute Gasteiger partial charge is 0.377 e. The molecule has 1 aromatic heterocycles. The molecule has 1 aliphatic rings. The van der Waals surface area contributed by atoms with Crippen LogP contribution < -0.4 is 11.2 Å². The minimum Gasteiger partial charge on any atom is -0.377 e. The van der Waals surface area contributed by atoms with Gasteiger partial charge < -0.3 is 10.5 Å². The zero-order valence-electron chi connectivity index (χ0n) is 16.2. The van der Waals surface area contributed by atoms with Crippen molar-refractivity contribution in [1.82, 2.24) is 15.8 Å². The van der Waals surface area contributed by atoms with Crippen molar-refractivity contribution in [2.75, 3.05) is 19.0 Å². The summed E-state index contributed by atoms with van der Waals surface area (Å²) in [6, 6.07) is 2.88. The summed E-state index contributed by atoms with van der Waals surface area (Å²) in [5, 5.41) is 17.1. The maximum Gasteiger partial charge on any atom is 0.266 e. The molecule has 0 saturated carbocycles. The normalized spacial score (nSPS) is 15.7. The highest BCUT2D eigenvalue weighted by Crippen LogP contribution is 2.28. The number of hydroxylamine groups is 1. The number of nitrogens with zero attached hydrogens (tertiary/aromatic N) is 3. The molecule has 0 atom stereocenters. The van der Waals surface area contributed by atoms with Crippen LogP contribution in [-0.2, 0) is 9.53 Å². The number of ether oxygens (including phenoxy) is 1. The number of aromatic nitrogens is 2. The molecule has 0 amide bonds. The van der Waals surface area contributed by atoms with Crippen molar-refractivity contribution >= 4 is 29.1 Å². The number of benzene rings is 1. The third kappa shape index (κ3) is 6.03. The van der Waals surface area contributed by atoms with Gasteiger partial charge in [0.25, 0.3) is 6.43 Å². The highest BCUT2D eigenvalue weighted by molar-refractivity contribution is 7.99. The number of thioether (sulfide) groups is 1. The Labute approximate surface area is 179 Å². The second kappa shape index (κ2) is 10.2. The first-order valence-corrected chi connectivity index (χ1v) is 10.2. The maximum absolute atomic E-state index is 13.5. The maximum atomic E-state index is 13.5. The van der Waals surface area contributed by atoms with E-state index in [1.165, 1.54) is 17.8 Å². The van der Waals surface area contributed by atoms with Crippen LogP contribution in [0.25, 0.3) is 0 Å². The zero-order chi connectivity index (χ0) is 22.4. The molecule has 31 heavy (non-hydrogen) atoms. The Bertz CT molecular complexity index is 952. The van der Waals surface area contributed by atoms with Gasteiger partial charge in [-0.1, -0.05) is 0 Å². The second-order valence-electron chi connectivity index (χ2n) is 7.02. The summed E-state index contributed by atoms with van der Waals surface area (Å²) in [5.41, 5.74) is 6.41. The van der Waals surface area contributed by atoms with Gasteiger partial charge in [-0.3, -0.25) is 15.5 Å². The molecule has 4 N–H and O–H groups in total. The van der Waals surface area contributed by atoms with Gasteiger partial charge in [-0.25, -0.2) is 22.8 Å². The van der Waals surface area contributed by atoms with E-state index in [1.54, 1.807) is 0 Å². The first-order chi connectivity index (χ1) is 14.8. The van der Waals surface area contributed by atoms with Gasteiger partial charge in [0.2, 0.25) is 0 Å². The Balaban J connectivity index is 1.60. The number of alkyl halides is 2. The van der Waals surface area contributed by atoms with E-state index in [0.29, 0.717) is 31.8 Å². The van der Waals surface area contributed by atoms with Gasteiger partial charge in [0.05, 0.1) is 30.0 Å². The SMILES string of the molecule is NC1(CC(=O)CCCSc2nonc2C(=Nc2ccc(F)c(C(F)F)c2)NO)COC1. The highest BCUT2D eigenvalue weighted by atomic mass is 32.2. The van der Waals surface area contributed by atoms with Gasteiger partial charge in [-0.05, 0) is 34.9 Å². The van der Waals surface area contributed by atoms with Crippen LogP contribution in [0, 0.1) is 5.82 Å². The van der Waals surface area contributed by atoms with E-state index in [2.05, 4.69) is 19.9 Å². The van der Waals surface area contributed by atoms with Gasteiger partial charge in [-0.15, -0.1) is 11.8 Å². The second-order valence-corrected chi connectivity index (χ2v) is 8.10. The van der Waals surface area contributed by atoms with Crippen molar-refractivity contribution < 1.29 is 32.5 Å². The number of nitrogens with one attached hydrogen (secondary N) is 1. The molecule has 168 valence electrons. The Morgan fingerprint density at radius 1 is 1.39 bits per heavy atom. The monoisotopic (exact) mass is 459 g/mol. The van der Waals surface area contributed by atoms with Gasteiger partial charge >= 0.3 is 0 Å². The lowest BCUT2D eigenvalue weighted by Gasteiger charge is -2.37. The Hall–Kier alpha value is -2.48. The first kappa shape index (κ1) is 23.2. The minimum atomic E-state index is -3.02. The van der Waals surface area contributed by atoms with Crippen molar-refractivity contribution in [3.05, 3.63) is 35.3 Å². The molecule has 13 heteroatoms. The van der Waals surface area contributed by atoms with Gasteiger partial charge in [-0.2, -0.15) is 0 Å². The molecule has 3 rings (SSSR count). The van der Waals surface area contributed by atoms with E-state index < -0.39 is 23.3 Å². The van der Waals surface area contributed by atoms with Crippen molar-refractivity contribution in [2.24, 2.45) is 10.7 Å². The van der Waals surface area contributed by atoms with Crippen LogP contribution in [0.15, 0.2) is 32.8 Å². The van der Waals surface area contributed by atoms with E-state index in [-0.39, 0.29) is 34.4 Å². The molecule has 0 unspecified atom stereocenters. The van der Waals surface area contributed by atoms with Crippen LogP contribution in [0.4, 0.5) is 18.9 Å². The zero-order valence-corrected chi connectivity index (χ0v) is 17.0. The van der Waals surface area contributed by atoms with Crippen LogP contribution in [0.1, 0.15) is 36.9 Å². The summed E-state index contributed by atoms with van der Waals surface area (Å²) >= 11 is 1.21. The molecule has 1 aromatic carbocycles. The summed E-state index contributed by atoms with van der Waals surface area (Å²) in [7, 11) is 0. The predicted molar refractivity (Wildman–Crippen MR) is 104 cm³/mol. The number of ketones is 1.